The molecule has 2 fully saturated rings. The number of hydrogen-bond acceptors (Lipinski definition) is 3. The van der Waals surface area contributed by atoms with Crippen LogP contribution in [0.25, 0.3) is 0 Å². The van der Waals surface area contributed by atoms with Gasteiger partial charge in [0.2, 0.25) is 5.91 Å². The maximum atomic E-state index is 11.9. The molecule has 0 unspecified atom stereocenters. The third-order valence-corrected chi connectivity index (χ3v) is 4.87. The van der Waals surface area contributed by atoms with Gasteiger partial charge in [-0.2, -0.15) is 24.9 Å². The third-order valence-electron chi connectivity index (χ3n) is 3.36. The van der Waals surface area contributed by atoms with Crippen molar-refractivity contribution in [2.24, 2.45) is 0 Å². The molecule has 0 bridgehead atoms. The summed E-state index contributed by atoms with van der Waals surface area (Å²) in [4.78, 5) is 22.1. The molecule has 2 saturated heterocycles. The van der Waals surface area contributed by atoms with Crippen molar-refractivity contribution in [3.05, 3.63) is 0 Å². The van der Waals surface area contributed by atoms with Gasteiger partial charge in [0.1, 0.15) is 0 Å². The predicted octanol–water partition coefficient (Wildman–Crippen LogP) is 1.35. The van der Waals surface area contributed by atoms with Gasteiger partial charge in [-0.3, -0.25) is 10.1 Å². The van der Waals surface area contributed by atoms with Crippen molar-refractivity contribution in [1.29, 1.82) is 0 Å². The highest BCUT2D eigenvalue weighted by Crippen LogP contribution is 2.33. The van der Waals surface area contributed by atoms with Crippen LogP contribution < -0.4 is 16.0 Å². The zero-order valence-electron chi connectivity index (χ0n) is 10.6. The van der Waals surface area contributed by atoms with E-state index in [0.717, 1.165) is 17.5 Å². The van der Waals surface area contributed by atoms with E-state index in [9.17, 15) is 22.8 Å². The van der Waals surface area contributed by atoms with E-state index in [1.54, 1.807) is 11.8 Å². The minimum Gasteiger partial charge on any atom is -0.332 e. The highest BCUT2D eigenvalue weighted by Gasteiger charge is 2.42. The van der Waals surface area contributed by atoms with Gasteiger partial charge in [-0.15, -0.1) is 0 Å². The first-order valence-electron chi connectivity index (χ1n) is 6.41. The number of carbonyl (C=O) groups excluding carboxylic acids is 2. The fourth-order valence-electron chi connectivity index (χ4n) is 2.49. The molecule has 3 amide bonds. The normalized spacial score (nSPS) is 28.8. The Morgan fingerprint density at radius 3 is 2.80 bits per heavy atom. The lowest BCUT2D eigenvalue weighted by molar-refractivity contribution is -0.169. The molecule has 0 aromatic heterocycles. The number of fused-ring (bicyclic) bond motifs is 1. The van der Waals surface area contributed by atoms with Crippen LogP contribution >= 0.6 is 11.8 Å². The summed E-state index contributed by atoms with van der Waals surface area (Å²) >= 11 is 1.75. The molecular formula is C11H16F3N3O2S. The first-order valence-corrected chi connectivity index (χ1v) is 7.46. The van der Waals surface area contributed by atoms with E-state index in [1.807, 2.05) is 0 Å². The van der Waals surface area contributed by atoms with Crippen LogP contribution in [0.15, 0.2) is 0 Å². The molecule has 2 rings (SSSR count). The molecule has 5 nitrogen and oxygen atoms in total. The Bertz CT molecular complexity index is 392. The van der Waals surface area contributed by atoms with Crippen LogP contribution in [0.1, 0.15) is 25.7 Å². The van der Waals surface area contributed by atoms with E-state index in [1.165, 1.54) is 0 Å². The molecule has 0 spiro atoms. The van der Waals surface area contributed by atoms with Crippen molar-refractivity contribution < 1.29 is 22.8 Å². The molecule has 0 saturated carbocycles. The summed E-state index contributed by atoms with van der Waals surface area (Å²) in [6.45, 7) is 0. The van der Waals surface area contributed by atoms with Crippen LogP contribution in [0.4, 0.5) is 18.0 Å². The standard InChI is InChI=1S/C11H16F3N3O2S/c12-11(13,14)17-8(18)4-2-1-3-7-9-6(5-20-7)15-10(19)16-9/h6-7,9H,1-5H2,(H,17,18)(H2,15,16,19)/t6-,7-,9-/m0/s1. The summed E-state index contributed by atoms with van der Waals surface area (Å²) in [5.41, 5.74) is 0. The number of unbranched alkanes of at least 4 members (excludes halogenated alkanes) is 1. The Labute approximate surface area is 118 Å². The summed E-state index contributed by atoms with van der Waals surface area (Å²) in [5, 5.41) is 6.92. The van der Waals surface area contributed by atoms with Crippen LogP contribution in [0.5, 0.6) is 0 Å². The van der Waals surface area contributed by atoms with Crippen LogP contribution in [0.2, 0.25) is 0 Å². The van der Waals surface area contributed by atoms with Crippen molar-refractivity contribution in [3.8, 4) is 0 Å². The minimum atomic E-state index is -4.65. The van der Waals surface area contributed by atoms with Gasteiger partial charge in [0.05, 0.1) is 12.1 Å². The number of amides is 3. The molecule has 0 aromatic rings. The molecule has 2 aliphatic heterocycles. The zero-order valence-corrected chi connectivity index (χ0v) is 11.4. The number of carbonyl (C=O) groups is 2. The monoisotopic (exact) mass is 311 g/mol. The fraction of sp³-hybridized carbons (Fsp3) is 0.818. The molecule has 2 aliphatic rings. The maximum Gasteiger partial charge on any atom is 0.484 e. The second kappa shape index (κ2) is 6.11. The van der Waals surface area contributed by atoms with Crippen LogP contribution in [0, 0.1) is 0 Å². The van der Waals surface area contributed by atoms with E-state index in [0.29, 0.717) is 12.8 Å². The maximum absolute atomic E-state index is 11.9. The number of alkyl halides is 3. The molecule has 9 heteroatoms. The van der Waals surface area contributed by atoms with Gasteiger partial charge in [0, 0.05) is 17.4 Å². The summed E-state index contributed by atoms with van der Waals surface area (Å²) in [7, 11) is 0. The van der Waals surface area contributed by atoms with E-state index in [2.05, 4.69) is 10.6 Å². The average molecular weight is 311 g/mol. The first kappa shape index (κ1) is 15.3. The molecule has 20 heavy (non-hydrogen) atoms. The second-order valence-electron chi connectivity index (χ2n) is 4.91. The zero-order chi connectivity index (χ0) is 14.8. The SMILES string of the molecule is O=C(CCCC[C@@H]1SC[C@@H]2NC(=O)N[C@@H]21)NC(F)(F)F. The van der Waals surface area contributed by atoms with Gasteiger partial charge in [-0.05, 0) is 12.8 Å². The van der Waals surface area contributed by atoms with Gasteiger partial charge in [0.25, 0.3) is 0 Å². The first-order chi connectivity index (χ1) is 9.35. The fourth-order valence-corrected chi connectivity index (χ4v) is 4.04. The number of urea groups is 1. The van der Waals surface area contributed by atoms with Gasteiger partial charge < -0.3 is 10.6 Å². The van der Waals surface area contributed by atoms with E-state index < -0.39 is 12.2 Å². The van der Waals surface area contributed by atoms with E-state index in [-0.39, 0.29) is 29.8 Å². The van der Waals surface area contributed by atoms with E-state index >= 15 is 0 Å². The lowest BCUT2D eigenvalue weighted by Gasteiger charge is -2.16. The number of nitrogens with one attached hydrogen (secondary N) is 3. The average Bonchev–Trinajstić information content (AvgIpc) is 2.82. The summed E-state index contributed by atoms with van der Waals surface area (Å²) in [6.07, 6.45) is -2.91. The Kier molecular flexibility index (Phi) is 4.66. The molecule has 2 heterocycles. The Morgan fingerprint density at radius 1 is 1.35 bits per heavy atom. The molecule has 0 aromatic carbocycles. The van der Waals surface area contributed by atoms with Crippen LogP contribution in [0.3, 0.4) is 0 Å². The molecule has 0 aliphatic carbocycles. The summed E-state index contributed by atoms with van der Waals surface area (Å²) in [5.74, 6) is -0.145. The molecule has 114 valence electrons. The third kappa shape index (κ3) is 4.19. The molecule has 3 atom stereocenters. The van der Waals surface area contributed by atoms with Gasteiger partial charge in [-0.1, -0.05) is 6.42 Å². The van der Waals surface area contributed by atoms with Crippen LogP contribution in [-0.2, 0) is 4.79 Å². The van der Waals surface area contributed by atoms with Crippen molar-refractivity contribution in [3.63, 3.8) is 0 Å². The molecule has 3 N–H and O–H groups in total. The van der Waals surface area contributed by atoms with Gasteiger partial charge in [-0.25, -0.2) is 4.79 Å². The Morgan fingerprint density at radius 2 is 2.10 bits per heavy atom. The van der Waals surface area contributed by atoms with Gasteiger partial charge in [0.15, 0.2) is 0 Å². The Hall–Kier alpha value is -1.12. The number of hydrogen-bond donors (Lipinski definition) is 3. The largest absolute Gasteiger partial charge is 0.484 e. The highest BCUT2D eigenvalue weighted by atomic mass is 32.2. The van der Waals surface area contributed by atoms with Crippen LogP contribution in [-0.4, -0.2) is 41.3 Å². The topological polar surface area (TPSA) is 70.2 Å². The van der Waals surface area contributed by atoms with Crippen molar-refractivity contribution in [2.45, 2.75) is 49.3 Å². The Balaban J connectivity index is 1.62. The number of thioether (sulfide) groups is 1. The number of halogens is 3. The quantitative estimate of drug-likeness (QED) is 0.408. The number of rotatable bonds is 5. The smallest absolute Gasteiger partial charge is 0.332 e. The second-order valence-corrected chi connectivity index (χ2v) is 6.19. The summed E-state index contributed by atoms with van der Waals surface area (Å²) < 4.78 is 35.6. The highest BCUT2D eigenvalue weighted by molar-refractivity contribution is 8.00. The van der Waals surface area contributed by atoms with Crippen molar-refractivity contribution >= 4 is 23.7 Å². The predicted molar refractivity (Wildman–Crippen MR) is 68.2 cm³/mol. The lowest BCUT2D eigenvalue weighted by Crippen LogP contribution is -2.37. The summed E-state index contributed by atoms with van der Waals surface area (Å²) in [6, 6.07) is 0.0809. The minimum absolute atomic E-state index is 0.0940. The lowest BCUT2D eigenvalue weighted by atomic mass is 10.0. The van der Waals surface area contributed by atoms with E-state index in [4.69, 9.17) is 0 Å². The van der Waals surface area contributed by atoms with Gasteiger partial charge >= 0.3 is 12.3 Å². The molecule has 0 radical (unpaired) electrons. The van der Waals surface area contributed by atoms with Crippen molar-refractivity contribution in [2.75, 3.05) is 5.75 Å². The van der Waals surface area contributed by atoms with Crippen molar-refractivity contribution in [1.82, 2.24) is 16.0 Å². The molecular weight excluding hydrogens is 295 g/mol.